The molecular weight excluding hydrogens is 1490 g/mol. The summed E-state index contributed by atoms with van der Waals surface area (Å²) < 4.78 is 39.9. The van der Waals surface area contributed by atoms with Crippen LogP contribution in [0.2, 0.25) is 0 Å². The van der Waals surface area contributed by atoms with Gasteiger partial charge in [0.1, 0.15) is 23.6 Å². The van der Waals surface area contributed by atoms with Crippen LogP contribution < -0.4 is 33.7 Å². The second-order valence-electron chi connectivity index (χ2n) is 31.7. The molecule has 618 valence electrons. The number of ether oxygens (including phenoxy) is 6. The Balaban J connectivity index is 0.000000184. The zero-order valence-corrected chi connectivity index (χ0v) is 71.0. The zero-order chi connectivity index (χ0) is 84.4. The molecule has 3 unspecified atom stereocenters. The molecule has 0 spiro atoms. The predicted molar refractivity (Wildman–Crippen MR) is 451 cm³/mol. The monoisotopic (exact) mass is 1600 g/mol. The number of rotatable bonds is 33. The van der Waals surface area contributed by atoms with Crippen LogP contribution in [0.25, 0.3) is 37.8 Å². The van der Waals surface area contributed by atoms with Gasteiger partial charge in [-0.1, -0.05) is 105 Å². The summed E-state index contributed by atoms with van der Waals surface area (Å²) in [6, 6.07) is 42.3. The Kier molecular flexibility index (Phi) is 28.4. The zero-order valence-electron chi connectivity index (χ0n) is 70.1. The SMILES string of the molecule is CCC(C)(C)C(=O)OCCCn1c(C)c(C2=C([O-])C(=C3C(C)=[N+](CC(=O)O)c4ccccc43)C2=O)c2ccccc21.CCN(CCCOC(=O)C(C)(C)CC)c1ccc(C2C(O)C(c3cc(OC)c(OC)c(OC)c3)C2O)cc1.CCN(CCOC(=O)C(C)(C)CC)c1ccc(C2=C(O)C(Cc3sc4ccccc4[n+]3CC)C2=O)cc1. The second kappa shape index (κ2) is 37.5. The molecule has 4 aliphatic rings. The smallest absolute Gasteiger partial charge is 0.370 e. The number of anilines is 2. The lowest BCUT2D eigenvalue weighted by Gasteiger charge is -2.47. The first-order valence-corrected chi connectivity index (χ1v) is 41.1. The molecule has 116 heavy (non-hydrogen) atoms. The maximum atomic E-state index is 13.8. The number of carbonyl (C=O) groups is 6. The normalized spacial score (nSPS) is 17.8. The van der Waals surface area contributed by atoms with E-state index in [4.69, 9.17) is 28.4 Å². The third kappa shape index (κ3) is 18.0. The number of aryl methyl sites for hydroxylation is 2. The Morgan fingerprint density at radius 1 is 0.603 bits per heavy atom. The number of thiazole rings is 1. The quantitative estimate of drug-likeness (QED) is 0.00977. The van der Waals surface area contributed by atoms with E-state index in [-0.39, 0.29) is 65.3 Å². The van der Waals surface area contributed by atoms with E-state index in [2.05, 4.69) is 51.8 Å². The number of carbonyl (C=O) groups excluding carboxylic acids is 5. The molecule has 0 saturated heterocycles. The summed E-state index contributed by atoms with van der Waals surface area (Å²) in [5.74, 6) is -1.99. The number of hydrogen-bond donors (Lipinski definition) is 4. The van der Waals surface area contributed by atoms with Crippen LogP contribution in [0, 0.1) is 29.1 Å². The number of para-hydroxylation sites is 3. The van der Waals surface area contributed by atoms with Gasteiger partial charge in [0, 0.05) is 102 Å². The van der Waals surface area contributed by atoms with Gasteiger partial charge in [-0.05, 0) is 173 Å². The van der Waals surface area contributed by atoms with Crippen molar-refractivity contribution in [1.29, 1.82) is 0 Å². The lowest BCUT2D eigenvalue weighted by molar-refractivity contribution is -0.671. The highest BCUT2D eigenvalue weighted by Crippen LogP contribution is 2.52. The van der Waals surface area contributed by atoms with Crippen LogP contribution in [0.1, 0.15) is 172 Å². The molecular formula is C93H114N5O17S+. The van der Waals surface area contributed by atoms with E-state index < -0.39 is 52.2 Å². The Morgan fingerprint density at radius 3 is 1.67 bits per heavy atom. The van der Waals surface area contributed by atoms with E-state index >= 15 is 0 Å². The number of Topliss-reactive ketones (excluding diaryl/α,β-unsaturated/α-hetero) is 2. The summed E-state index contributed by atoms with van der Waals surface area (Å²) in [6.45, 7) is 32.1. The summed E-state index contributed by atoms with van der Waals surface area (Å²) in [6.07, 6.45) is 2.47. The van der Waals surface area contributed by atoms with Gasteiger partial charge < -0.3 is 68.3 Å². The van der Waals surface area contributed by atoms with Crippen molar-refractivity contribution in [2.24, 2.45) is 22.2 Å². The molecule has 12 rings (SSSR count). The van der Waals surface area contributed by atoms with E-state index in [1.807, 2.05) is 166 Å². The first kappa shape index (κ1) is 87.8. The van der Waals surface area contributed by atoms with Crippen LogP contribution in [0.4, 0.5) is 17.1 Å². The van der Waals surface area contributed by atoms with E-state index in [0.717, 1.165) is 95.1 Å². The van der Waals surface area contributed by atoms with Gasteiger partial charge in [0.2, 0.25) is 28.5 Å². The number of methoxy groups -OCH3 is 3. The molecule has 2 aromatic heterocycles. The largest absolute Gasteiger partial charge is 0.871 e. The van der Waals surface area contributed by atoms with Gasteiger partial charge >= 0.3 is 23.9 Å². The van der Waals surface area contributed by atoms with E-state index in [1.54, 1.807) is 61.3 Å². The van der Waals surface area contributed by atoms with Crippen LogP contribution in [0.3, 0.4) is 0 Å². The van der Waals surface area contributed by atoms with Crippen molar-refractivity contribution >= 4 is 107 Å². The fourth-order valence-electron chi connectivity index (χ4n) is 15.3. The average molecular weight is 1610 g/mol. The van der Waals surface area contributed by atoms with Crippen LogP contribution in [0.15, 0.2) is 151 Å². The number of allylic oxidation sites excluding steroid dienone is 5. The molecule has 1 aliphatic heterocycles. The fourth-order valence-corrected chi connectivity index (χ4v) is 16.5. The standard InChI is InChI=1S/C33H34N2O6.C30H36N2O4S.C30H43NO7/c1-6-33(4,5)32(40)41-17-11-16-34-19(2)26(21-12-7-9-14-23(21)34)28-30(38)29(31(28)39)27-20(3)35(18-25(36)37)24-15-10-8-13-22(24)27;1-6-30(4,5)29(35)36-18-17-31(7-2)21-15-13-20(14-16-21)26-27(33)22(28(26)34)19-25-32(8-3)23-11-9-10-12-24(23)37-25;1-8-30(3,4)29(34)38-16-10-15-31(9-2)21-13-11-19(12-14-21)24-26(32)25(27(24)33)20-17-22(35-5)28(37-7)23(18-20)36-6/h7-10,12-15H,6,11,16-18H2,1-5H3,(H-,36,37,38,39);9-16,22H,6-8,17-19H2,1-5H3;11-14,17-18,24-27,32-33H,8-10,15-16H2,1-7H3/p+1. The molecule has 3 aliphatic carbocycles. The van der Waals surface area contributed by atoms with Crippen LogP contribution in [-0.2, 0) is 62.5 Å². The van der Waals surface area contributed by atoms with Gasteiger partial charge in [-0.15, -0.1) is 0 Å². The Labute approximate surface area is 684 Å². The number of carboxylic acids is 1. The lowest BCUT2D eigenvalue weighted by Crippen LogP contribution is -2.51. The van der Waals surface area contributed by atoms with Crippen molar-refractivity contribution in [2.75, 3.05) is 83.7 Å². The van der Waals surface area contributed by atoms with Crippen LogP contribution in [0.5, 0.6) is 17.2 Å². The first-order valence-electron chi connectivity index (χ1n) is 40.3. The predicted octanol–water partition coefficient (Wildman–Crippen LogP) is 14.9. The second-order valence-corrected chi connectivity index (χ2v) is 32.8. The molecule has 3 heterocycles. The van der Waals surface area contributed by atoms with Crippen LogP contribution >= 0.6 is 11.3 Å². The van der Waals surface area contributed by atoms with Crippen molar-refractivity contribution in [3.8, 4) is 17.2 Å². The third-order valence-corrected chi connectivity index (χ3v) is 24.8. The van der Waals surface area contributed by atoms with Gasteiger partial charge in [0.15, 0.2) is 28.8 Å². The minimum atomic E-state index is -1.00. The third-order valence-electron chi connectivity index (χ3n) is 23.6. The number of fused-ring (bicyclic) bond motifs is 3. The summed E-state index contributed by atoms with van der Waals surface area (Å²) in [7, 11) is 4.62. The maximum absolute atomic E-state index is 13.8. The summed E-state index contributed by atoms with van der Waals surface area (Å²) >= 11 is 1.69. The summed E-state index contributed by atoms with van der Waals surface area (Å²) in [5, 5.41) is 58.1. The number of aliphatic hydroxyl groups is 3. The highest BCUT2D eigenvalue weighted by molar-refractivity contribution is 7.18. The fraction of sp³-hybridized carbons (Fsp3) is 0.441. The first-order chi connectivity index (χ1) is 55.3. The van der Waals surface area contributed by atoms with E-state index in [1.165, 1.54) is 17.3 Å². The number of benzene rings is 6. The molecule has 6 aromatic carbocycles. The number of likely N-dealkylation sites (N-methyl/N-ethyl adjacent to an activating group) is 1. The number of ketones is 2. The number of nitrogens with zero attached hydrogens (tertiary/aromatic N) is 5. The minimum Gasteiger partial charge on any atom is -0.871 e. The molecule has 0 radical (unpaired) electrons. The Bertz CT molecular complexity index is 5060. The van der Waals surface area contributed by atoms with Crippen molar-refractivity contribution < 1.29 is 91.9 Å². The van der Waals surface area contributed by atoms with E-state index in [9.17, 15) is 54.3 Å². The molecule has 0 bridgehead atoms. The van der Waals surface area contributed by atoms with Crippen LogP contribution in [-0.4, -0.2) is 157 Å². The summed E-state index contributed by atoms with van der Waals surface area (Å²) in [5.41, 5.74) is 9.47. The Morgan fingerprint density at radius 2 is 1.13 bits per heavy atom. The summed E-state index contributed by atoms with van der Waals surface area (Å²) in [4.78, 5) is 79.6. The average Bonchev–Trinajstić information content (AvgIpc) is 1.55. The molecule has 23 heteroatoms. The molecule has 1 saturated carbocycles. The van der Waals surface area contributed by atoms with Gasteiger partial charge in [-0.3, -0.25) is 24.0 Å². The number of carboxylic acid groups (broad SMARTS) is 1. The number of hydrogen-bond acceptors (Lipinski definition) is 19. The molecule has 22 nitrogen and oxygen atoms in total. The highest BCUT2D eigenvalue weighted by atomic mass is 32.1. The molecule has 4 N–H and O–H groups in total. The van der Waals surface area contributed by atoms with Gasteiger partial charge in [0.25, 0.3) is 0 Å². The van der Waals surface area contributed by atoms with Gasteiger partial charge in [-0.2, -0.15) is 9.14 Å². The van der Waals surface area contributed by atoms with Crippen molar-refractivity contribution in [1.82, 2.24) is 4.57 Å². The lowest BCUT2D eigenvalue weighted by atomic mass is 9.63. The number of aliphatic carboxylic acids is 1. The van der Waals surface area contributed by atoms with Crippen molar-refractivity contribution in [3.63, 3.8) is 0 Å². The number of esters is 3. The molecule has 0 amide bonds. The molecule has 3 atom stereocenters. The van der Waals surface area contributed by atoms with Crippen molar-refractivity contribution in [3.05, 3.63) is 189 Å². The molecule has 8 aromatic rings. The number of aliphatic hydroxyl groups excluding tert-OH is 3. The Hall–Kier alpha value is -10.6. The van der Waals surface area contributed by atoms with E-state index in [0.29, 0.717) is 96.5 Å². The van der Waals surface area contributed by atoms with Gasteiger partial charge in [0.05, 0.1) is 98.6 Å². The highest BCUT2D eigenvalue weighted by Gasteiger charge is 2.51. The van der Waals surface area contributed by atoms with Gasteiger partial charge in [-0.25, -0.2) is 4.79 Å². The molecule has 1 fully saturated rings. The maximum Gasteiger partial charge on any atom is 0.370 e. The van der Waals surface area contributed by atoms with Crippen molar-refractivity contribution in [2.45, 2.75) is 173 Å². The number of aromatic nitrogens is 2. The minimum absolute atomic E-state index is 0.0110. The topological polar surface area (TPSA) is 280 Å².